The zero-order valence-electron chi connectivity index (χ0n) is 38.1. The first kappa shape index (κ1) is 55.9. The third-order valence-corrected chi connectivity index (χ3v) is 12.4. The number of ether oxygens (including phenoxy) is 4. The van der Waals surface area contributed by atoms with Crippen LogP contribution in [-0.4, -0.2) is 149 Å². The summed E-state index contributed by atoms with van der Waals surface area (Å²) in [5.74, 6) is -7.13. The summed E-state index contributed by atoms with van der Waals surface area (Å²) in [4.78, 5) is 25.1. The van der Waals surface area contributed by atoms with E-state index in [1.54, 1.807) is 82.4 Å². The molecule has 3 aliphatic rings. The van der Waals surface area contributed by atoms with Crippen molar-refractivity contribution in [2.24, 2.45) is 29.4 Å². The molecule has 3 aliphatic heterocycles. The quantitative estimate of drug-likeness (QED) is 0.182. The summed E-state index contributed by atoms with van der Waals surface area (Å²) in [5.41, 5.74) is 6.14. The van der Waals surface area contributed by atoms with Crippen molar-refractivity contribution in [2.45, 2.75) is 177 Å². The van der Waals surface area contributed by atoms with Crippen LogP contribution < -0.4 is 5.73 Å². The highest BCUT2D eigenvalue weighted by molar-refractivity contribution is 5.71. The van der Waals surface area contributed by atoms with Gasteiger partial charge in [-0.15, -0.1) is 0 Å². The number of carboxylic acids is 1. The van der Waals surface area contributed by atoms with Gasteiger partial charge in [-0.2, -0.15) is 0 Å². The van der Waals surface area contributed by atoms with Crippen molar-refractivity contribution in [1.82, 2.24) is 0 Å². The van der Waals surface area contributed by atoms with Crippen LogP contribution in [0, 0.1) is 23.7 Å². The molecular formula is C48H74FNO15. The highest BCUT2D eigenvalue weighted by atomic mass is 19.1. The molecule has 11 N–H and O–H groups in total. The molecule has 368 valence electrons. The molecular weight excluding hydrogens is 850 g/mol. The number of esters is 1. The number of carbonyl (C=O) groups is 2. The fourth-order valence-corrected chi connectivity index (χ4v) is 8.09. The van der Waals surface area contributed by atoms with Gasteiger partial charge in [0.2, 0.25) is 0 Å². The van der Waals surface area contributed by atoms with E-state index in [0.29, 0.717) is 0 Å². The molecule has 0 saturated carbocycles. The summed E-state index contributed by atoms with van der Waals surface area (Å²) in [6.45, 7) is 8.69. The molecule has 0 spiro atoms. The fraction of sp³-hybridized carbons (Fsp3) is 0.667. The van der Waals surface area contributed by atoms with E-state index >= 15 is 4.39 Å². The van der Waals surface area contributed by atoms with Gasteiger partial charge in [-0.25, -0.2) is 4.39 Å². The van der Waals surface area contributed by atoms with Crippen molar-refractivity contribution in [1.29, 1.82) is 0 Å². The van der Waals surface area contributed by atoms with E-state index in [4.69, 9.17) is 24.7 Å². The monoisotopic (exact) mass is 924 g/mol. The van der Waals surface area contributed by atoms with Crippen LogP contribution in [0.15, 0.2) is 85.1 Å². The number of aliphatic hydroxyl groups excluding tert-OH is 7. The minimum absolute atomic E-state index is 0.103. The number of cyclic esters (lactones) is 1. The second-order valence-electron chi connectivity index (χ2n) is 17.9. The number of rotatable bonds is 3. The third kappa shape index (κ3) is 18.6. The summed E-state index contributed by atoms with van der Waals surface area (Å²) in [6.07, 6.45) is 4.91. The minimum Gasteiger partial charge on any atom is -0.481 e. The molecule has 3 rings (SSSR count). The summed E-state index contributed by atoms with van der Waals surface area (Å²) in [6, 6.07) is -0.926. The molecule has 0 aromatic heterocycles. The fourth-order valence-electron chi connectivity index (χ4n) is 8.09. The maximum atomic E-state index is 15.5. The van der Waals surface area contributed by atoms with Crippen LogP contribution in [0.25, 0.3) is 0 Å². The van der Waals surface area contributed by atoms with Gasteiger partial charge in [0, 0.05) is 49.5 Å². The predicted molar refractivity (Wildman–Crippen MR) is 239 cm³/mol. The van der Waals surface area contributed by atoms with E-state index in [9.17, 15) is 55.5 Å². The van der Waals surface area contributed by atoms with Gasteiger partial charge in [-0.3, -0.25) is 9.59 Å². The van der Waals surface area contributed by atoms with E-state index in [1.165, 1.54) is 6.08 Å². The topological polar surface area (TPSA) is 279 Å². The number of aliphatic hydroxyl groups is 8. The van der Waals surface area contributed by atoms with Crippen LogP contribution >= 0.6 is 0 Å². The number of nitrogens with two attached hydrogens (primary N) is 1. The Hall–Kier alpha value is -3.43. The lowest BCUT2D eigenvalue weighted by Crippen LogP contribution is -2.57. The summed E-state index contributed by atoms with van der Waals surface area (Å²) < 4.78 is 38.8. The number of carboxylic acid groups (broad SMARTS) is 1. The predicted octanol–water partition coefficient (Wildman–Crippen LogP) is 2.96. The Bertz CT molecular complexity index is 1670. The Labute approximate surface area is 381 Å². The minimum atomic E-state index is -2.32. The van der Waals surface area contributed by atoms with Crippen molar-refractivity contribution in [2.75, 3.05) is 0 Å². The first-order chi connectivity index (χ1) is 30.6. The van der Waals surface area contributed by atoms with Crippen molar-refractivity contribution in [3.63, 3.8) is 0 Å². The Kier molecular flexibility index (Phi) is 23.6. The Balaban J connectivity index is 1.86. The van der Waals surface area contributed by atoms with Crippen molar-refractivity contribution < 1.29 is 78.9 Å². The van der Waals surface area contributed by atoms with Gasteiger partial charge in [-0.05, 0) is 33.1 Å². The van der Waals surface area contributed by atoms with E-state index in [2.05, 4.69) is 0 Å². The average molecular weight is 924 g/mol. The van der Waals surface area contributed by atoms with Crippen LogP contribution in [-0.2, 0) is 28.5 Å². The zero-order valence-corrected chi connectivity index (χ0v) is 38.1. The molecule has 2 saturated heterocycles. The van der Waals surface area contributed by atoms with Crippen molar-refractivity contribution in [3.8, 4) is 0 Å². The highest BCUT2D eigenvalue weighted by Gasteiger charge is 2.51. The molecule has 2 bridgehead atoms. The molecule has 0 aliphatic carbocycles. The van der Waals surface area contributed by atoms with Gasteiger partial charge in [0.05, 0.1) is 67.5 Å². The first-order valence-electron chi connectivity index (χ1n) is 22.6. The molecule has 65 heavy (non-hydrogen) atoms. The zero-order chi connectivity index (χ0) is 48.4. The van der Waals surface area contributed by atoms with Crippen LogP contribution in [0.2, 0.25) is 0 Å². The molecule has 16 nitrogen and oxygen atoms in total. The second-order valence-corrected chi connectivity index (χ2v) is 17.9. The van der Waals surface area contributed by atoms with Gasteiger partial charge in [0.25, 0.3) is 0 Å². The Morgan fingerprint density at radius 1 is 0.708 bits per heavy atom. The smallest absolute Gasteiger partial charge is 0.311 e. The lowest BCUT2D eigenvalue weighted by atomic mass is 9.82. The molecule has 19 atom stereocenters. The number of aliphatic carboxylic acids is 1. The maximum Gasteiger partial charge on any atom is 0.311 e. The summed E-state index contributed by atoms with van der Waals surface area (Å²) in [7, 11) is 0. The number of hydrogen-bond donors (Lipinski definition) is 10. The average Bonchev–Trinajstić information content (AvgIpc) is 3.21. The normalized spacial score (nSPS) is 45.5. The van der Waals surface area contributed by atoms with Gasteiger partial charge < -0.3 is 70.6 Å². The third-order valence-electron chi connectivity index (χ3n) is 12.4. The molecule has 3 unspecified atom stereocenters. The molecule has 0 aromatic carbocycles. The highest BCUT2D eigenvalue weighted by Crippen LogP contribution is 2.38. The number of fused-ring (bicyclic) bond motifs is 2. The number of halogens is 1. The Morgan fingerprint density at radius 3 is 1.86 bits per heavy atom. The molecule has 0 amide bonds. The van der Waals surface area contributed by atoms with Gasteiger partial charge in [-0.1, -0.05) is 106 Å². The summed E-state index contributed by atoms with van der Waals surface area (Å²) >= 11 is 0. The number of hydrogen-bond acceptors (Lipinski definition) is 15. The maximum absolute atomic E-state index is 15.5. The standard InChI is InChI=1S/C48H74FNO15/c1-28-18-16-14-12-10-8-6-7-9-11-13-15-17-19-36(64-47-43(49)44(50)29(2)31(4)63-47)25-40-42(46(59)60)39(56)27-48(61,65-40)26-35(53)23-38(55)37(54)21-20-33(51)22-34(52)24-41(57)62-32(5)30(3)45(28)58/h6-19,28-40,42-45,47,51-56,58,61H,20-27,50H2,1-5H3,(H,59,60)/b7-6+,10-8+,11-9+,14-12+,15-13+,18-16+,19-17+/t28-,29+,30-,31+,32-,33?,34+,35?,36-,37+,38+,39-,40?,42+,43+,44-,45+,47-,48+/m0/s1. The van der Waals surface area contributed by atoms with Crippen LogP contribution in [0.5, 0.6) is 0 Å². The molecule has 0 radical (unpaired) electrons. The van der Waals surface area contributed by atoms with Crippen LogP contribution in [0.1, 0.15) is 86.0 Å². The van der Waals surface area contributed by atoms with Gasteiger partial charge in [0.1, 0.15) is 12.0 Å². The van der Waals surface area contributed by atoms with E-state index in [-0.39, 0.29) is 37.5 Å². The number of allylic oxidation sites excluding steroid dienone is 12. The van der Waals surface area contributed by atoms with Crippen molar-refractivity contribution >= 4 is 11.9 Å². The van der Waals surface area contributed by atoms with Gasteiger partial charge >= 0.3 is 11.9 Å². The lowest BCUT2D eigenvalue weighted by Gasteiger charge is -2.45. The van der Waals surface area contributed by atoms with Crippen LogP contribution in [0.3, 0.4) is 0 Å². The second kappa shape index (κ2) is 27.4. The van der Waals surface area contributed by atoms with Gasteiger partial charge in [0.15, 0.2) is 18.2 Å². The van der Waals surface area contributed by atoms with Crippen LogP contribution in [0.4, 0.5) is 4.39 Å². The Morgan fingerprint density at radius 2 is 1.28 bits per heavy atom. The van der Waals surface area contributed by atoms with E-state index in [1.807, 2.05) is 31.2 Å². The molecule has 3 heterocycles. The largest absolute Gasteiger partial charge is 0.481 e. The lowest BCUT2D eigenvalue weighted by molar-refractivity contribution is -0.305. The van der Waals surface area contributed by atoms with Crippen molar-refractivity contribution in [3.05, 3.63) is 85.1 Å². The molecule has 2 fully saturated rings. The summed E-state index contributed by atoms with van der Waals surface area (Å²) in [5, 5.41) is 97.0. The molecule has 0 aromatic rings. The SMILES string of the molecule is C[C@@H]1[C@H](O)[C@@H](C)/C=C/C=C/C=C/C=C/C=C/C=C/C=C/[C@H](O[C@@H]2O[C@H](C)[C@@H](C)[C@H](N)[C@H]2F)CC2O[C@](O)(CC(O)C[C@@H](O)[C@H](O)CCC(O)C[C@@H](O)CC(=O)O[C@H]1C)C[C@H](O)[C@H]2C(=O)O. The van der Waals surface area contributed by atoms with E-state index in [0.717, 1.165) is 0 Å². The number of carbonyl (C=O) groups excluding carboxylic acids is 1. The molecule has 17 heteroatoms. The van der Waals surface area contributed by atoms with E-state index < -0.39 is 141 Å². The number of alkyl halides is 1. The first-order valence-corrected chi connectivity index (χ1v) is 22.6.